The van der Waals surface area contributed by atoms with Gasteiger partial charge in [0.05, 0.1) is 5.41 Å². The highest BCUT2D eigenvalue weighted by atomic mass is 19.1. The molecule has 0 atom stereocenters. The number of carboxylic acid groups (broad SMARTS) is 1. The van der Waals surface area contributed by atoms with E-state index in [1.165, 1.54) is 13.8 Å². The summed E-state index contributed by atoms with van der Waals surface area (Å²) in [5, 5.41) is 9.58. The molecule has 0 amide bonds. The minimum Gasteiger partial charge on any atom is -0.481 e. The Labute approximate surface area is 116 Å². The van der Waals surface area contributed by atoms with Gasteiger partial charge in [-0.2, -0.15) is 0 Å². The van der Waals surface area contributed by atoms with Gasteiger partial charge in [0.1, 0.15) is 5.67 Å². The third-order valence-corrected chi connectivity index (χ3v) is 4.29. The molecule has 20 heavy (non-hydrogen) atoms. The first-order valence-electron chi connectivity index (χ1n) is 6.71. The van der Waals surface area contributed by atoms with Crippen molar-refractivity contribution < 1.29 is 23.8 Å². The molecular weight excluding hydrogens is 263 g/mol. The summed E-state index contributed by atoms with van der Waals surface area (Å²) in [7, 11) is 0. The standard InChI is InChI=1S/C15H17FO4/c1-14(2,16)9-6-11-12(20-8-19-11)7-10(9)15(13(17)18)4-3-5-15/h6-7H,3-5,8H2,1-2H3,(H,17,18). The topological polar surface area (TPSA) is 55.8 Å². The van der Waals surface area contributed by atoms with E-state index in [-0.39, 0.29) is 6.79 Å². The Hall–Kier alpha value is -1.78. The van der Waals surface area contributed by atoms with E-state index in [0.29, 0.717) is 35.5 Å². The molecule has 1 fully saturated rings. The van der Waals surface area contributed by atoms with Crippen LogP contribution < -0.4 is 9.47 Å². The summed E-state index contributed by atoms with van der Waals surface area (Å²) in [6.45, 7) is 2.95. The molecule has 1 heterocycles. The van der Waals surface area contributed by atoms with Crippen LogP contribution in [0.25, 0.3) is 0 Å². The lowest BCUT2D eigenvalue weighted by Gasteiger charge is -2.40. The maximum Gasteiger partial charge on any atom is 0.314 e. The normalized spacial score (nSPS) is 19.6. The van der Waals surface area contributed by atoms with Gasteiger partial charge in [0.2, 0.25) is 6.79 Å². The van der Waals surface area contributed by atoms with Crippen molar-refractivity contribution in [2.24, 2.45) is 0 Å². The van der Waals surface area contributed by atoms with Crippen molar-refractivity contribution in [1.29, 1.82) is 0 Å². The van der Waals surface area contributed by atoms with Crippen molar-refractivity contribution in [3.63, 3.8) is 0 Å². The number of alkyl halides is 1. The lowest BCUT2D eigenvalue weighted by molar-refractivity contribution is -0.147. The number of aliphatic carboxylic acids is 1. The largest absolute Gasteiger partial charge is 0.481 e. The van der Waals surface area contributed by atoms with E-state index in [9.17, 15) is 14.3 Å². The van der Waals surface area contributed by atoms with Gasteiger partial charge in [0, 0.05) is 0 Å². The van der Waals surface area contributed by atoms with E-state index in [0.717, 1.165) is 6.42 Å². The highest BCUT2D eigenvalue weighted by Crippen LogP contribution is 2.51. The van der Waals surface area contributed by atoms with E-state index in [2.05, 4.69) is 0 Å². The van der Waals surface area contributed by atoms with Crippen LogP contribution in [0.15, 0.2) is 12.1 Å². The number of halogens is 1. The second-order valence-corrected chi connectivity index (χ2v) is 5.96. The lowest BCUT2D eigenvalue weighted by Crippen LogP contribution is -2.43. The molecule has 0 unspecified atom stereocenters. The van der Waals surface area contributed by atoms with Gasteiger partial charge in [0.25, 0.3) is 0 Å². The zero-order chi connectivity index (χ0) is 14.5. The molecule has 3 rings (SSSR count). The van der Waals surface area contributed by atoms with Crippen LogP contribution in [0.4, 0.5) is 4.39 Å². The summed E-state index contributed by atoms with van der Waals surface area (Å²) in [5.74, 6) is 0.0861. The molecule has 5 heteroatoms. The van der Waals surface area contributed by atoms with E-state index >= 15 is 0 Å². The van der Waals surface area contributed by atoms with Gasteiger partial charge in [-0.3, -0.25) is 4.79 Å². The third-order valence-electron chi connectivity index (χ3n) is 4.29. The van der Waals surface area contributed by atoms with Gasteiger partial charge in [-0.1, -0.05) is 6.42 Å². The smallest absolute Gasteiger partial charge is 0.314 e. The average Bonchev–Trinajstić information content (AvgIpc) is 2.71. The summed E-state index contributed by atoms with van der Waals surface area (Å²) in [5.41, 5.74) is -1.72. The number of fused-ring (bicyclic) bond motifs is 1. The number of ether oxygens (including phenoxy) is 2. The number of benzene rings is 1. The van der Waals surface area contributed by atoms with Gasteiger partial charge < -0.3 is 14.6 Å². The fourth-order valence-electron chi connectivity index (χ4n) is 2.96. The molecule has 1 N–H and O–H groups in total. The van der Waals surface area contributed by atoms with Crippen LogP contribution in [0, 0.1) is 0 Å². The molecule has 0 aromatic heterocycles. The van der Waals surface area contributed by atoms with Gasteiger partial charge in [-0.25, -0.2) is 4.39 Å². The fraction of sp³-hybridized carbons (Fsp3) is 0.533. The minimum atomic E-state index is -1.63. The summed E-state index contributed by atoms with van der Waals surface area (Å²) >= 11 is 0. The minimum absolute atomic E-state index is 0.0883. The van der Waals surface area contributed by atoms with E-state index < -0.39 is 17.1 Å². The molecule has 1 aromatic rings. The van der Waals surface area contributed by atoms with Crippen LogP contribution in [0.5, 0.6) is 11.5 Å². The number of hydrogen-bond acceptors (Lipinski definition) is 3. The maximum absolute atomic E-state index is 14.5. The number of hydrogen-bond donors (Lipinski definition) is 1. The van der Waals surface area contributed by atoms with E-state index in [1.807, 2.05) is 0 Å². The highest BCUT2D eigenvalue weighted by molar-refractivity contribution is 5.84. The zero-order valence-corrected chi connectivity index (χ0v) is 11.5. The Kier molecular flexibility index (Phi) is 2.71. The first kappa shape index (κ1) is 13.2. The van der Waals surface area contributed by atoms with Crippen molar-refractivity contribution in [3.8, 4) is 11.5 Å². The van der Waals surface area contributed by atoms with Crippen molar-refractivity contribution in [3.05, 3.63) is 23.3 Å². The Bertz CT molecular complexity index is 570. The second kappa shape index (κ2) is 4.11. The van der Waals surface area contributed by atoms with Crippen molar-refractivity contribution in [2.75, 3.05) is 6.79 Å². The summed E-state index contributed by atoms with van der Waals surface area (Å²) in [4.78, 5) is 11.7. The first-order chi connectivity index (χ1) is 9.34. The van der Waals surface area contributed by atoms with E-state index in [4.69, 9.17) is 9.47 Å². The number of carbonyl (C=O) groups is 1. The monoisotopic (exact) mass is 280 g/mol. The molecule has 2 aliphatic rings. The molecule has 0 saturated heterocycles. The van der Waals surface area contributed by atoms with Gasteiger partial charge in [0.15, 0.2) is 11.5 Å². The molecule has 1 aliphatic carbocycles. The van der Waals surface area contributed by atoms with Crippen LogP contribution in [0.3, 0.4) is 0 Å². The van der Waals surface area contributed by atoms with Gasteiger partial charge in [-0.15, -0.1) is 0 Å². The highest BCUT2D eigenvalue weighted by Gasteiger charge is 2.49. The second-order valence-electron chi connectivity index (χ2n) is 5.96. The Morgan fingerprint density at radius 1 is 1.30 bits per heavy atom. The Morgan fingerprint density at radius 2 is 1.90 bits per heavy atom. The summed E-state index contributed by atoms with van der Waals surface area (Å²) in [6, 6.07) is 3.23. The van der Waals surface area contributed by atoms with Gasteiger partial charge >= 0.3 is 5.97 Å². The van der Waals surface area contributed by atoms with Crippen molar-refractivity contribution in [2.45, 2.75) is 44.2 Å². The van der Waals surface area contributed by atoms with Crippen LogP contribution >= 0.6 is 0 Å². The van der Waals surface area contributed by atoms with Gasteiger partial charge in [-0.05, 0) is 49.9 Å². The van der Waals surface area contributed by atoms with Crippen LogP contribution in [0.1, 0.15) is 44.2 Å². The lowest BCUT2D eigenvalue weighted by atomic mass is 9.62. The molecule has 1 aromatic carbocycles. The van der Waals surface area contributed by atoms with Crippen LogP contribution in [-0.4, -0.2) is 17.9 Å². The molecule has 0 spiro atoms. The van der Waals surface area contributed by atoms with E-state index in [1.54, 1.807) is 12.1 Å². The van der Waals surface area contributed by atoms with Crippen molar-refractivity contribution >= 4 is 5.97 Å². The quantitative estimate of drug-likeness (QED) is 0.924. The third kappa shape index (κ3) is 1.76. The first-order valence-corrected chi connectivity index (χ1v) is 6.71. The summed E-state index contributed by atoms with van der Waals surface area (Å²) < 4.78 is 25.1. The average molecular weight is 280 g/mol. The SMILES string of the molecule is CC(C)(F)c1cc2c(cc1C1(C(=O)O)CCC1)OCO2. The fourth-order valence-corrected chi connectivity index (χ4v) is 2.96. The van der Waals surface area contributed by atoms with Crippen molar-refractivity contribution in [1.82, 2.24) is 0 Å². The molecule has 0 radical (unpaired) electrons. The predicted octanol–water partition coefficient (Wildman–Crippen LogP) is 3.13. The number of carboxylic acids is 1. The molecule has 1 aliphatic heterocycles. The maximum atomic E-state index is 14.5. The predicted molar refractivity (Wildman–Crippen MR) is 69.9 cm³/mol. The Balaban J connectivity index is 2.21. The zero-order valence-electron chi connectivity index (χ0n) is 11.5. The van der Waals surface area contributed by atoms with Crippen LogP contribution in [-0.2, 0) is 15.9 Å². The molecule has 0 bridgehead atoms. The Morgan fingerprint density at radius 3 is 2.35 bits per heavy atom. The number of rotatable bonds is 3. The molecule has 4 nitrogen and oxygen atoms in total. The molecule has 1 saturated carbocycles. The molecule has 108 valence electrons. The summed E-state index contributed by atoms with van der Waals surface area (Å²) in [6.07, 6.45) is 1.91. The van der Waals surface area contributed by atoms with Crippen LogP contribution in [0.2, 0.25) is 0 Å². The molecular formula is C15H17FO4.